The molecule has 1 aromatic rings. The number of anilines is 1. The number of benzene rings is 1. The number of amides is 3. The molecule has 4 fully saturated rings. The van der Waals surface area contributed by atoms with Gasteiger partial charge in [-0.05, 0) is 68.7 Å². The molecule has 2 bridgehead atoms. The summed E-state index contributed by atoms with van der Waals surface area (Å²) in [5.74, 6) is 0.921. The van der Waals surface area contributed by atoms with Gasteiger partial charge in [0.2, 0.25) is 5.91 Å². The molecule has 3 amide bonds. The van der Waals surface area contributed by atoms with E-state index in [4.69, 9.17) is 0 Å². The number of nitrogens with zero attached hydrogens (tertiary/aromatic N) is 2. The van der Waals surface area contributed by atoms with E-state index in [1.54, 1.807) is 0 Å². The molecule has 26 heavy (non-hydrogen) atoms. The molecular formula is C21H29N3O2. The smallest absolute Gasteiger partial charge is 0.321 e. The van der Waals surface area contributed by atoms with Crippen LogP contribution in [0.5, 0.6) is 0 Å². The number of nitrogens with one attached hydrogen (secondary N) is 1. The molecule has 2 atom stereocenters. The maximum Gasteiger partial charge on any atom is 0.321 e. The zero-order valence-electron chi connectivity index (χ0n) is 15.8. The highest BCUT2D eigenvalue weighted by Gasteiger charge is 2.42. The molecule has 5 rings (SSSR count). The van der Waals surface area contributed by atoms with E-state index in [9.17, 15) is 9.59 Å². The van der Waals surface area contributed by atoms with E-state index in [2.05, 4.69) is 16.3 Å². The Morgan fingerprint density at radius 1 is 1.08 bits per heavy atom. The van der Waals surface area contributed by atoms with Gasteiger partial charge in [-0.25, -0.2) is 4.79 Å². The van der Waals surface area contributed by atoms with Crippen molar-refractivity contribution >= 4 is 17.6 Å². The first-order chi connectivity index (χ1) is 12.5. The van der Waals surface area contributed by atoms with Crippen LogP contribution in [-0.2, 0) is 4.79 Å². The summed E-state index contributed by atoms with van der Waals surface area (Å²) >= 11 is 0. The van der Waals surface area contributed by atoms with E-state index >= 15 is 0 Å². The number of rotatable bonds is 3. The van der Waals surface area contributed by atoms with Crippen molar-refractivity contribution in [3.05, 3.63) is 29.3 Å². The molecule has 0 radical (unpaired) electrons. The van der Waals surface area contributed by atoms with Crippen LogP contribution in [0.3, 0.4) is 0 Å². The van der Waals surface area contributed by atoms with Gasteiger partial charge in [0.05, 0.1) is 5.92 Å². The normalized spacial score (nSPS) is 25.8. The second-order valence-electron chi connectivity index (χ2n) is 8.43. The summed E-state index contributed by atoms with van der Waals surface area (Å²) in [6.45, 7) is 6.17. The Labute approximate surface area is 155 Å². The number of carbonyl (C=O) groups excluding carboxylic acids is 2. The Balaban J connectivity index is 1.46. The van der Waals surface area contributed by atoms with Crippen LogP contribution in [0.1, 0.15) is 43.2 Å². The minimum atomic E-state index is -0.0785. The lowest BCUT2D eigenvalue weighted by Crippen LogP contribution is -2.50. The van der Waals surface area contributed by atoms with Crippen LogP contribution in [0.25, 0.3) is 0 Å². The van der Waals surface area contributed by atoms with Crippen LogP contribution >= 0.6 is 0 Å². The Hall–Kier alpha value is -2.04. The predicted molar refractivity (Wildman–Crippen MR) is 102 cm³/mol. The molecule has 1 saturated carbocycles. The van der Waals surface area contributed by atoms with Gasteiger partial charge in [0.15, 0.2) is 0 Å². The fraction of sp³-hybridized carbons (Fsp3) is 0.619. The first-order valence-corrected chi connectivity index (χ1v) is 9.94. The van der Waals surface area contributed by atoms with Gasteiger partial charge >= 0.3 is 6.03 Å². The summed E-state index contributed by atoms with van der Waals surface area (Å²) in [4.78, 5) is 29.7. The van der Waals surface area contributed by atoms with E-state index in [0.29, 0.717) is 19.0 Å². The van der Waals surface area contributed by atoms with Gasteiger partial charge in [0, 0.05) is 31.4 Å². The zero-order valence-corrected chi connectivity index (χ0v) is 15.8. The topological polar surface area (TPSA) is 52.7 Å². The van der Waals surface area contributed by atoms with E-state index in [-0.39, 0.29) is 23.9 Å². The second kappa shape index (κ2) is 6.93. The standard InChI is InChI=1S/C21H29N3O2/c1-14-8-15(2)10-18(9-14)22-21(26)23-12-17-6-7-19(13-23)24(20(17)25)11-16-4-3-5-16/h8-10,16-17,19H,3-7,11-13H2,1-2H3,(H,22,26)/t17-,19+/m0/s1. The lowest BCUT2D eigenvalue weighted by molar-refractivity contribution is -0.141. The molecule has 0 unspecified atom stereocenters. The van der Waals surface area contributed by atoms with Crippen molar-refractivity contribution in [2.45, 2.75) is 52.0 Å². The molecule has 0 aromatic heterocycles. The SMILES string of the molecule is Cc1cc(C)cc(NC(=O)N2C[C@@H]3CC[C@H](C2)N(CC2CCC2)C3=O)c1. The lowest BCUT2D eigenvalue weighted by Gasteiger charge is -2.40. The molecule has 1 aliphatic carbocycles. The average molecular weight is 355 g/mol. The highest BCUT2D eigenvalue weighted by atomic mass is 16.2. The molecule has 4 aliphatic rings. The third kappa shape index (κ3) is 3.44. The quantitative estimate of drug-likeness (QED) is 0.901. The first kappa shape index (κ1) is 17.4. The highest BCUT2D eigenvalue weighted by Crippen LogP contribution is 2.34. The third-order valence-corrected chi connectivity index (χ3v) is 6.23. The third-order valence-electron chi connectivity index (χ3n) is 6.23. The van der Waals surface area contributed by atoms with Crippen molar-refractivity contribution in [2.75, 3.05) is 25.0 Å². The van der Waals surface area contributed by atoms with Crippen LogP contribution in [0.15, 0.2) is 18.2 Å². The van der Waals surface area contributed by atoms with Gasteiger partial charge in [-0.15, -0.1) is 0 Å². The van der Waals surface area contributed by atoms with Gasteiger partial charge in [-0.2, -0.15) is 0 Å². The van der Waals surface area contributed by atoms with Crippen LogP contribution in [0.2, 0.25) is 0 Å². The van der Waals surface area contributed by atoms with E-state index in [1.807, 2.05) is 30.9 Å². The zero-order chi connectivity index (χ0) is 18.3. The predicted octanol–water partition coefficient (Wildman–Crippen LogP) is 3.56. The van der Waals surface area contributed by atoms with Crippen molar-refractivity contribution in [2.24, 2.45) is 11.8 Å². The van der Waals surface area contributed by atoms with Crippen LogP contribution in [0, 0.1) is 25.7 Å². The summed E-state index contributed by atoms with van der Waals surface area (Å²) in [6.07, 6.45) is 5.73. The second-order valence-corrected chi connectivity index (χ2v) is 8.43. The molecule has 5 heteroatoms. The number of urea groups is 1. The molecule has 3 heterocycles. The number of fused-ring (bicyclic) bond motifs is 4. The van der Waals surface area contributed by atoms with Crippen molar-refractivity contribution in [1.29, 1.82) is 0 Å². The molecule has 5 nitrogen and oxygen atoms in total. The molecule has 1 N–H and O–H groups in total. The summed E-state index contributed by atoms with van der Waals surface area (Å²) in [6, 6.07) is 6.19. The van der Waals surface area contributed by atoms with Gasteiger partial charge in [0.25, 0.3) is 0 Å². The van der Waals surface area contributed by atoms with Crippen LogP contribution in [0.4, 0.5) is 10.5 Å². The molecular weight excluding hydrogens is 326 g/mol. The molecule has 0 spiro atoms. The fourth-order valence-electron chi connectivity index (χ4n) is 4.65. The van der Waals surface area contributed by atoms with E-state index < -0.39 is 0 Å². The maximum atomic E-state index is 12.9. The Morgan fingerprint density at radius 2 is 1.81 bits per heavy atom. The Bertz CT molecular complexity index is 693. The van der Waals surface area contributed by atoms with Gasteiger partial charge in [-0.1, -0.05) is 12.5 Å². The van der Waals surface area contributed by atoms with Crippen LogP contribution < -0.4 is 5.32 Å². The van der Waals surface area contributed by atoms with Gasteiger partial charge in [-0.3, -0.25) is 4.79 Å². The number of aryl methyl sites for hydroxylation is 2. The lowest BCUT2D eigenvalue weighted by atomic mass is 9.83. The number of carbonyl (C=O) groups is 2. The van der Waals surface area contributed by atoms with Gasteiger partial charge < -0.3 is 15.1 Å². The van der Waals surface area contributed by atoms with Gasteiger partial charge in [0.1, 0.15) is 0 Å². The fourth-order valence-corrected chi connectivity index (χ4v) is 4.65. The molecule has 3 saturated heterocycles. The highest BCUT2D eigenvalue weighted by molar-refractivity contribution is 5.90. The molecule has 140 valence electrons. The summed E-state index contributed by atoms with van der Waals surface area (Å²) in [5, 5.41) is 3.04. The summed E-state index contributed by atoms with van der Waals surface area (Å²) < 4.78 is 0. The monoisotopic (exact) mass is 355 g/mol. The van der Waals surface area contributed by atoms with Crippen molar-refractivity contribution in [3.63, 3.8) is 0 Å². The van der Waals surface area contributed by atoms with E-state index in [1.165, 1.54) is 19.3 Å². The summed E-state index contributed by atoms with van der Waals surface area (Å²) in [7, 11) is 0. The minimum Gasteiger partial charge on any atom is -0.337 e. The average Bonchev–Trinajstić information content (AvgIpc) is 2.81. The molecule has 1 aromatic carbocycles. The van der Waals surface area contributed by atoms with Crippen molar-refractivity contribution < 1.29 is 9.59 Å². The summed E-state index contributed by atoms with van der Waals surface area (Å²) in [5.41, 5.74) is 3.11. The number of hydrogen-bond acceptors (Lipinski definition) is 2. The largest absolute Gasteiger partial charge is 0.337 e. The minimum absolute atomic E-state index is 0.0289. The van der Waals surface area contributed by atoms with E-state index in [0.717, 1.165) is 36.2 Å². The Kier molecular flexibility index (Phi) is 4.63. The number of hydrogen-bond donors (Lipinski definition) is 1. The van der Waals surface area contributed by atoms with Crippen molar-refractivity contribution in [3.8, 4) is 0 Å². The Morgan fingerprint density at radius 3 is 2.46 bits per heavy atom. The molecule has 3 aliphatic heterocycles. The first-order valence-electron chi connectivity index (χ1n) is 9.94. The number of piperidine rings is 1. The van der Waals surface area contributed by atoms with Crippen molar-refractivity contribution in [1.82, 2.24) is 9.80 Å². The maximum absolute atomic E-state index is 12.9. The van der Waals surface area contributed by atoms with Crippen LogP contribution in [-0.4, -0.2) is 47.4 Å².